The molecule has 28 heavy (non-hydrogen) atoms. The van der Waals surface area contributed by atoms with Gasteiger partial charge >= 0.3 is 0 Å². The largest absolute Gasteiger partial charge is 0.495 e. The Balaban J connectivity index is 1.63. The maximum atomic E-state index is 12.5. The van der Waals surface area contributed by atoms with E-state index < -0.39 is 0 Å². The lowest BCUT2D eigenvalue weighted by Crippen LogP contribution is -2.15. The fourth-order valence-electron chi connectivity index (χ4n) is 2.66. The van der Waals surface area contributed by atoms with E-state index in [4.69, 9.17) is 16.3 Å². The Kier molecular flexibility index (Phi) is 6.29. The van der Waals surface area contributed by atoms with Crippen LogP contribution in [0.4, 0.5) is 11.4 Å². The summed E-state index contributed by atoms with van der Waals surface area (Å²) in [6.45, 7) is 0. The molecular weight excluding hydrogens is 376 g/mol. The number of nitrogens with one attached hydrogen (secondary N) is 2. The third-order valence-electron chi connectivity index (χ3n) is 4.05. The Bertz CT molecular complexity index is 973. The lowest BCUT2D eigenvalue weighted by atomic mass is 10.1. The first-order valence-corrected chi connectivity index (χ1v) is 9.01. The van der Waals surface area contributed by atoms with Crippen LogP contribution in [0, 0.1) is 0 Å². The van der Waals surface area contributed by atoms with Crippen LogP contribution >= 0.6 is 11.6 Å². The molecule has 2 N–H and O–H groups in total. The maximum absolute atomic E-state index is 12.5. The van der Waals surface area contributed by atoms with Crippen molar-refractivity contribution in [2.45, 2.75) is 6.42 Å². The SMILES string of the molecule is COc1ccc(Cl)cc1NC(=O)c1ccc(NC(=O)Cc2ccccc2)cc1. The number of methoxy groups -OCH3 is 1. The number of amides is 2. The van der Waals surface area contributed by atoms with E-state index in [0.717, 1.165) is 5.56 Å². The van der Waals surface area contributed by atoms with Gasteiger partial charge in [0.15, 0.2) is 0 Å². The molecule has 3 aromatic carbocycles. The minimum Gasteiger partial charge on any atom is -0.495 e. The van der Waals surface area contributed by atoms with E-state index in [2.05, 4.69) is 10.6 Å². The standard InChI is InChI=1S/C22H19ClN2O3/c1-28-20-12-9-17(23)14-19(20)25-22(27)16-7-10-18(11-8-16)24-21(26)13-15-5-3-2-4-6-15/h2-12,14H,13H2,1H3,(H,24,26)(H,25,27). The highest BCUT2D eigenvalue weighted by molar-refractivity contribution is 6.31. The number of hydrogen-bond donors (Lipinski definition) is 2. The van der Waals surface area contributed by atoms with Crippen LogP contribution in [0.2, 0.25) is 5.02 Å². The van der Waals surface area contributed by atoms with Gasteiger partial charge in [0.25, 0.3) is 5.91 Å². The van der Waals surface area contributed by atoms with Crippen molar-refractivity contribution in [2.24, 2.45) is 0 Å². The molecule has 0 unspecified atom stereocenters. The first-order valence-electron chi connectivity index (χ1n) is 8.64. The van der Waals surface area contributed by atoms with Gasteiger partial charge in [-0.25, -0.2) is 0 Å². The molecule has 0 saturated carbocycles. The molecule has 2 amide bonds. The predicted octanol–water partition coefficient (Wildman–Crippen LogP) is 4.78. The Morgan fingerprint density at radius 3 is 2.32 bits per heavy atom. The summed E-state index contributed by atoms with van der Waals surface area (Å²) in [5, 5.41) is 6.09. The lowest BCUT2D eigenvalue weighted by molar-refractivity contribution is -0.115. The van der Waals surface area contributed by atoms with Gasteiger partial charge in [-0.05, 0) is 48.0 Å². The van der Waals surface area contributed by atoms with E-state index in [1.165, 1.54) is 7.11 Å². The zero-order valence-electron chi connectivity index (χ0n) is 15.2. The molecular formula is C22H19ClN2O3. The van der Waals surface area contributed by atoms with E-state index in [-0.39, 0.29) is 18.2 Å². The smallest absolute Gasteiger partial charge is 0.255 e. The monoisotopic (exact) mass is 394 g/mol. The second-order valence-corrected chi connectivity index (χ2v) is 6.52. The topological polar surface area (TPSA) is 67.4 Å². The van der Waals surface area contributed by atoms with Crippen LogP contribution < -0.4 is 15.4 Å². The highest BCUT2D eigenvalue weighted by Gasteiger charge is 2.11. The second kappa shape index (κ2) is 9.06. The molecule has 0 radical (unpaired) electrons. The molecule has 142 valence electrons. The predicted molar refractivity (Wildman–Crippen MR) is 111 cm³/mol. The average Bonchev–Trinajstić information content (AvgIpc) is 2.69. The van der Waals surface area contributed by atoms with E-state index in [0.29, 0.717) is 27.7 Å². The molecule has 0 aliphatic heterocycles. The molecule has 6 heteroatoms. The average molecular weight is 395 g/mol. The first kappa shape index (κ1) is 19.5. The minimum atomic E-state index is -0.303. The fourth-order valence-corrected chi connectivity index (χ4v) is 2.84. The van der Waals surface area contributed by atoms with Crippen LogP contribution in [0.1, 0.15) is 15.9 Å². The first-order chi connectivity index (χ1) is 13.5. The molecule has 0 heterocycles. The van der Waals surface area contributed by atoms with E-state index in [1.807, 2.05) is 30.3 Å². The molecule has 0 spiro atoms. The number of carbonyl (C=O) groups is 2. The van der Waals surface area contributed by atoms with Gasteiger partial charge in [-0.1, -0.05) is 41.9 Å². The Labute approximate surface area is 168 Å². The quantitative estimate of drug-likeness (QED) is 0.632. The van der Waals surface area contributed by atoms with Crippen molar-refractivity contribution in [3.8, 4) is 5.75 Å². The Morgan fingerprint density at radius 2 is 1.64 bits per heavy atom. The maximum Gasteiger partial charge on any atom is 0.255 e. The number of halogens is 1. The molecule has 0 saturated heterocycles. The number of rotatable bonds is 6. The number of carbonyl (C=O) groups excluding carboxylic acids is 2. The molecule has 0 bridgehead atoms. The van der Waals surface area contributed by atoms with Gasteiger partial charge in [0, 0.05) is 16.3 Å². The number of benzene rings is 3. The van der Waals surface area contributed by atoms with Gasteiger partial charge in [0.1, 0.15) is 5.75 Å². The summed E-state index contributed by atoms with van der Waals surface area (Å²) in [5.74, 6) is 0.0948. The van der Waals surface area contributed by atoms with Crippen molar-refractivity contribution in [3.05, 3.63) is 88.9 Å². The van der Waals surface area contributed by atoms with Crippen LogP contribution in [-0.4, -0.2) is 18.9 Å². The number of anilines is 2. The van der Waals surface area contributed by atoms with Crippen LogP contribution in [0.5, 0.6) is 5.75 Å². The van der Waals surface area contributed by atoms with Gasteiger partial charge in [-0.2, -0.15) is 0 Å². The lowest BCUT2D eigenvalue weighted by Gasteiger charge is -2.11. The summed E-state index contributed by atoms with van der Waals surface area (Å²) in [5.41, 5.74) is 2.49. The molecule has 5 nitrogen and oxygen atoms in total. The Hall–Kier alpha value is -3.31. The molecule has 3 aromatic rings. The second-order valence-electron chi connectivity index (χ2n) is 6.09. The van der Waals surface area contributed by atoms with Crippen molar-refractivity contribution >= 4 is 34.8 Å². The van der Waals surface area contributed by atoms with Gasteiger partial charge in [0.05, 0.1) is 19.2 Å². The van der Waals surface area contributed by atoms with Crippen molar-refractivity contribution in [3.63, 3.8) is 0 Å². The van der Waals surface area contributed by atoms with Gasteiger partial charge in [0.2, 0.25) is 5.91 Å². The molecule has 0 aliphatic carbocycles. The van der Waals surface area contributed by atoms with Crippen molar-refractivity contribution < 1.29 is 14.3 Å². The third kappa shape index (κ3) is 5.11. The number of hydrogen-bond acceptors (Lipinski definition) is 3. The molecule has 0 atom stereocenters. The Morgan fingerprint density at radius 1 is 0.929 bits per heavy atom. The summed E-state index contributed by atoms with van der Waals surface area (Å²) >= 11 is 5.98. The van der Waals surface area contributed by atoms with E-state index in [1.54, 1.807) is 42.5 Å². The van der Waals surface area contributed by atoms with Crippen molar-refractivity contribution in [1.29, 1.82) is 0 Å². The highest BCUT2D eigenvalue weighted by Crippen LogP contribution is 2.28. The van der Waals surface area contributed by atoms with Crippen LogP contribution in [0.3, 0.4) is 0 Å². The van der Waals surface area contributed by atoms with Gasteiger partial charge in [-0.3, -0.25) is 9.59 Å². The summed E-state index contributed by atoms with van der Waals surface area (Å²) in [6, 6.07) is 21.1. The zero-order chi connectivity index (χ0) is 19.9. The molecule has 3 rings (SSSR count). The summed E-state index contributed by atoms with van der Waals surface area (Å²) in [7, 11) is 1.52. The van der Waals surface area contributed by atoms with Crippen molar-refractivity contribution in [1.82, 2.24) is 0 Å². The van der Waals surface area contributed by atoms with Crippen LogP contribution in [0.25, 0.3) is 0 Å². The van der Waals surface area contributed by atoms with Gasteiger partial charge < -0.3 is 15.4 Å². The molecule has 0 fully saturated rings. The summed E-state index contributed by atoms with van der Waals surface area (Å²) < 4.78 is 5.23. The molecule has 0 aromatic heterocycles. The van der Waals surface area contributed by atoms with Crippen LogP contribution in [-0.2, 0) is 11.2 Å². The molecule has 0 aliphatic rings. The minimum absolute atomic E-state index is 0.118. The highest BCUT2D eigenvalue weighted by atomic mass is 35.5. The van der Waals surface area contributed by atoms with Crippen molar-refractivity contribution in [2.75, 3.05) is 17.7 Å². The normalized spacial score (nSPS) is 10.2. The van der Waals surface area contributed by atoms with E-state index >= 15 is 0 Å². The summed E-state index contributed by atoms with van der Waals surface area (Å²) in [4.78, 5) is 24.6. The number of ether oxygens (including phenoxy) is 1. The van der Waals surface area contributed by atoms with E-state index in [9.17, 15) is 9.59 Å². The van der Waals surface area contributed by atoms with Crippen LogP contribution in [0.15, 0.2) is 72.8 Å². The van der Waals surface area contributed by atoms with Gasteiger partial charge in [-0.15, -0.1) is 0 Å². The summed E-state index contributed by atoms with van der Waals surface area (Å²) in [6.07, 6.45) is 0.289. The third-order valence-corrected chi connectivity index (χ3v) is 4.28. The zero-order valence-corrected chi connectivity index (χ0v) is 16.0. The fraction of sp³-hybridized carbons (Fsp3) is 0.0909.